The normalized spacial score (nSPS) is 12.4. The van der Waals surface area contributed by atoms with Gasteiger partial charge in [0.15, 0.2) is 0 Å². The first-order valence-corrected chi connectivity index (χ1v) is 10.6. The number of carbonyl (C=O) groups is 1. The highest BCUT2D eigenvalue weighted by Gasteiger charge is 2.23. The number of rotatable bonds is 7. The predicted molar refractivity (Wildman–Crippen MR) is 126 cm³/mol. The van der Waals surface area contributed by atoms with Crippen LogP contribution in [0.1, 0.15) is 31.9 Å². The summed E-state index contributed by atoms with van der Waals surface area (Å²) in [6, 6.07) is 18.0. The summed E-state index contributed by atoms with van der Waals surface area (Å²) in [5.41, 5.74) is 2.82. The fourth-order valence-electron chi connectivity index (χ4n) is 3.28. The molecule has 30 heavy (non-hydrogen) atoms. The van der Waals surface area contributed by atoms with Crippen LogP contribution in [0.25, 0.3) is 10.9 Å². The van der Waals surface area contributed by atoms with Crippen molar-refractivity contribution in [2.45, 2.75) is 45.3 Å². The molecule has 0 saturated heterocycles. The minimum atomic E-state index is -0.572. The number of hydrogen-bond donors (Lipinski definition) is 3. The molecule has 1 heterocycles. The molecule has 6 heteroatoms. The maximum Gasteiger partial charge on any atom is 0.408 e. The van der Waals surface area contributed by atoms with Gasteiger partial charge in [0.25, 0.3) is 0 Å². The number of amides is 1. The van der Waals surface area contributed by atoms with Gasteiger partial charge in [-0.15, -0.1) is 0 Å². The molecule has 0 aliphatic rings. The highest BCUT2D eigenvalue weighted by Crippen LogP contribution is 2.19. The molecule has 1 atom stereocenters. The molecule has 5 nitrogen and oxygen atoms in total. The zero-order valence-corrected chi connectivity index (χ0v) is 18.5. The Hall–Kier alpha value is -2.86. The molecule has 0 bridgehead atoms. The standard InChI is InChI=1S/C24H29N3O2S/c1-24(2,3)29-23(28)27-21(15-18-16-26-20-12-8-7-11-19(18)20)22(30)25-14-13-17-9-5-4-6-10-17/h4-12,16,21,26H,13-15H2,1-3H3,(H,25,30)(H,27,28)/t21-/m1/s1. The maximum absolute atomic E-state index is 12.4. The molecule has 3 aromatic rings. The molecule has 3 N–H and O–H groups in total. The molecule has 0 aliphatic heterocycles. The zero-order chi connectivity index (χ0) is 21.6. The largest absolute Gasteiger partial charge is 0.444 e. The number of nitrogens with one attached hydrogen (secondary N) is 3. The number of fused-ring (bicyclic) bond motifs is 1. The molecule has 2 aromatic carbocycles. The van der Waals surface area contributed by atoms with E-state index >= 15 is 0 Å². The molecule has 3 rings (SSSR count). The quantitative estimate of drug-likeness (QED) is 0.479. The maximum atomic E-state index is 12.4. The van der Waals surface area contributed by atoms with Crippen LogP contribution in [-0.2, 0) is 17.6 Å². The van der Waals surface area contributed by atoms with E-state index in [4.69, 9.17) is 17.0 Å². The first kappa shape index (κ1) is 21.8. The molecule has 0 fully saturated rings. The van der Waals surface area contributed by atoms with Crippen molar-refractivity contribution in [3.8, 4) is 0 Å². The van der Waals surface area contributed by atoms with Gasteiger partial charge in [-0.05, 0) is 44.4 Å². The summed E-state index contributed by atoms with van der Waals surface area (Å²) >= 11 is 5.65. The van der Waals surface area contributed by atoms with Crippen LogP contribution in [0.3, 0.4) is 0 Å². The third-order valence-corrected chi connectivity index (χ3v) is 5.09. The van der Waals surface area contributed by atoms with Crippen LogP contribution >= 0.6 is 12.2 Å². The fourth-order valence-corrected chi connectivity index (χ4v) is 3.52. The summed E-state index contributed by atoms with van der Waals surface area (Å²) < 4.78 is 5.45. The van der Waals surface area contributed by atoms with Crippen LogP contribution in [-0.4, -0.2) is 34.3 Å². The van der Waals surface area contributed by atoms with Gasteiger partial charge in [-0.3, -0.25) is 0 Å². The average Bonchev–Trinajstić information content (AvgIpc) is 3.10. The van der Waals surface area contributed by atoms with Crippen LogP contribution < -0.4 is 10.6 Å². The summed E-state index contributed by atoms with van der Waals surface area (Å²) in [5.74, 6) is 0. The van der Waals surface area contributed by atoms with Crippen molar-refractivity contribution in [1.29, 1.82) is 0 Å². The van der Waals surface area contributed by atoms with E-state index in [0.717, 1.165) is 22.9 Å². The van der Waals surface area contributed by atoms with Crippen LogP contribution in [0.4, 0.5) is 4.79 Å². The van der Waals surface area contributed by atoms with E-state index in [1.165, 1.54) is 5.56 Å². The van der Waals surface area contributed by atoms with Crippen LogP contribution in [0.5, 0.6) is 0 Å². The molecule has 1 aromatic heterocycles. The van der Waals surface area contributed by atoms with E-state index in [-0.39, 0.29) is 6.04 Å². The topological polar surface area (TPSA) is 66.1 Å². The predicted octanol–water partition coefficient (Wildman–Crippen LogP) is 4.76. The number of ether oxygens (including phenoxy) is 1. The van der Waals surface area contributed by atoms with Crippen molar-refractivity contribution in [2.24, 2.45) is 0 Å². The second-order valence-corrected chi connectivity index (χ2v) is 8.73. The van der Waals surface area contributed by atoms with Gasteiger partial charge in [0.05, 0.1) is 11.0 Å². The summed E-state index contributed by atoms with van der Waals surface area (Å²) in [4.78, 5) is 16.3. The lowest BCUT2D eigenvalue weighted by Gasteiger charge is -2.24. The van der Waals surface area contributed by atoms with Gasteiger partial charge in [0.1, 0.15) is 5.60 Å². The number of thiocarbonyl (C=S) groups is 1. The number of carbonyl (C=O) groups excluding carboxylic acids is 1. The number of para-hydroxylation sites is 1. The minimum absolute atomic E-state index is 0.371. The number of aromatic nitrogens is 1. The number of alkyl carbamates (subject to hydrolysis) is 1. The Morgan fingerprint density at radius 2 is 1.80 bits per heavy atom. The monoisotopic (exact) mass is 423 g/mol. The van der Waals surface area contributed by atoms with Crippen molar-refractivity contribution >= 4 is 34.2 Å². The lowest BCUT2D eigenvalue weighted by molar-refractivity contribution is 0.0518. The Bertz CT molecular complexity index is 992. The molecule has 0 spiro atoms. The minimum Gasteiger partial charge on any atom is -0.444 e. The van der Waals surface area contributed by atoms with Gasteiger partial charge in [-0.25, -0.2) is 4.79 Å². The average molecular weight is 424 g/mol. The van der Waals surface area contributed by atoms with E-state index < -0.39 is 11.7 Å². The van der Waals surface area contributed by atoms with Gasteiger partial charge in [0.2, 0.25) is 0 Å². The van der Waals surface area contributed by atoms with Gasteiger partial charge >= 0.3 is 6.09 Å². The van der Waals surface area contributed by atoms with Gasteiger partial charge < -0.3 is 20.4 Å². The summed E-state index contributed by atoms with van der Waals surface area (Å²) in [6.45, 7) is 6.23. The molecule has 0 saturated carbocycles. The Labute approximate surface area is 183 Å². The first-order valence-electron chi connectivity index (χ1n) is 10.2. The fraction of sp³-hybridized carbons (Fsp3) is 0.333. The zero-order valence-electron chi connectivity index (χ0n) is 17.7. The number of benzene rings is 2. The Kier molecular flexibility index (Phi) is 7.11. The Balaban J connectivity index is 1.69. The second-order valence-electron chi connectivity index (χ2n) is 8.29. The van der Waals surface area contributed by atoms with Crippen molar-refractivity contribution in [2.75, 3.05) is 6.54 Å². The molecule has 1 amide bonds. The molecule has 0 aliphatic carbocycles. The highest BCUT2D eigenvalue weighted by molar-refractivity contribution is 7.80. The lowest BCUT2D eigenvalue weighted by atomic mass is 10.0. The number of H-pyrrole nitrogens is 1. The van der Waals surface area contributed by atoms with E-state index in [2.05, 4.69) is 33.8 Å². The molecular formula is C24H29N3O2S. The van der Waals surface area contributed by atoms with E-state index in [1.54, 1.807) is 0 Å². The van der Waals surface area contributed by atoms with E-state index in [9.17, 15) is 4.79 Å². The smallest absolute Gasteiger partial charge is 0.408 e. The van der Waals surface area contributed by atoms with Crippen molar-refractivity contribution < 1.29 is 9.53 Å². The van der Waals surface area contributed by atoms with Gasteiger partial charge in [-0.2, -0.15) is 0 Å². The van der Waals surface area contributed by atoms with E-state index in [1.807, 2.05) is 63.4 Å². The van der Waals surface area contributed by atoms with E-state index in [0.29, 0.717) is 18.0 Å². The second kappa shape index (κ2) is 9.76. The van der Waals surface area contributed by atoms with Gasteiger partial charge in [-0.1, -0.05) is 60.7 Å². The van der Waals surface area contributed by atoms with Crippen molar-refractivity contribution in [3.63, 3.8) is 0 Å². The molecule has 0 unspecified atom stereocenters. The van der Waals surface area contributed by atoms with Gasteiger partial charge in [0, 0.05) is 30.1 Å². The third kappa shape index (κ3) is 6.32. The molecule has 158 valence electrons. The lowest BCUT2D eigenvalue weighted by Crippen LogP contribution is -2.48. The number of hydrogen-bond acceptors (Lipinski definition) is 3. The Morgan fingerprint density at radius 1 is 1.10 bits per heavy atom. The van der Waals surface area contributed by atoms with Crippen molar-refractivity contribution in [3.05, 3.63) is 71.9 Å². The SMILES string of the molecule is CC(C)(C)OC(=O)N[C@H](Cc1c[nH]c2ccccc12)C(=S)NCCc1ccccc1. The van der Waals surface area contributed by atoms with Crippen molar-refractivity contribution in [1.82, 2.24) is 15.6 Å². The molecule has 0 radical (unpaired) electrons. The van der Waals surface area contributed by atoms with Crippen LogP contribution in [0.15, 0.2) is 60.8 Å². The summed E-state index contributed by atoms with van der Waals surface area (Å²) in [5, 5.41) is 7.38. The van der Waals surface area contributed by atoms with Crippen LogP contribution in [0, 0.1) is 0 Å². The highest BCUT2D eigenvalue weighted by atomic mass is 32.1. The number of aromatic amines is 1. The Morgan fingerprint density at radius 3 is 2.53 bits per heavy atom. The summed E-state index contributed by atoms with van der Waals surface area (Å²) in [6.07, 6.45) is 2.92. The van der Waals surface area contributed by atoms with Crippen LogP contribution in [0.2, 0.25) is 0 Å². The third-order valence-electron chi connectivity index (χ3n) is 4.66. The molecular weight excluding hydrogens is 394 g/mol. The summed E-state index contributed by atoms with van der Waals surface area (Å²) in [7, 11) is 0. The first-order chi connectivity index (χ1) is 14.3.